The van der Waals surface area contributed by atoms with Crippen molar-refractivity contribution >= 4 is 5.97 Å². The molecule has 56 heavy (non-hydrogen) atoms. The standard InChI is InChI=1S/C42H68O14/c1-37(2)12-14-42(36(51)52)15-13-40(6)20(21(42)16-37)8-9-26-39(5)17-22(45)33(38(3,4)25(39)10-11-41(26,40)7)56-35-31(50)32(28(47)24(19-44)54-35)55-34-30(49)29(48)27(46)23(18-43)53-34/h8,21-35,43-50H,9-19H2,1-7H3,(H,51,52). The number of ether oxygens (including phenoxy) is 4. The molecule has 14 heteroatoms. The second kappa shape index (κ2) is 14.4. The van der Waals surface area contributed by atoms with Crippen LogP contribution in [-0.2, 0) is 23.7 Å². The first-order chi connectivity index (χ1) is 26.0. The first-order valence-electron chi connectivity index (χ1n) is 20.9. The van der Waals surface area contributed by atoms with E-state index in [1.165, 1.54) is 5.57 Å². The van der Waals surface area contributed by atoms with E-state index >= 15 is 0 Å². The van der Waals surface area contributed by atoms with Gasteiger partial charge in [0.1, 0.15) is 48.8 Å². The minimum Gasteiger partial charge on any atom is -0.481 e. The molecule has 0 bridgehead atoms. The van der Waals surface area contributed by atoms with Gasteiger partial charge in [-0.05, 0) is 103 Å². The maximum Gasteiger partial charge on any atom is 0.310 e. The van der Waals surface area contributed by atoms with Gasteiger partial charge in [-0.2, -0.15) is 0 Å². The van der Waals surface area contributed by atoms with Crippen LogP contribution in [0, 0.1) is 50.2 Å². The molecule has 7 rings (SSSR count). The van der Waals surface area contributed by atoms with Crippen LogP contribution in [0.15, 0.2) is 11.6 Å². The number of carboxylic acids is 1. The van der Waals surface area contributed by atoms with Gasteiger partial charge in [-0.15, -0.1) is 0 Å². The number of rotatable bonds is 7. The number of fused-ring (bicyclic) bond motifs is 7. The number of aliphatic hydroxyl groups excluding tert-OH is 8. The zero-order valence-corrected chi connectivity index (χ0v) is 34.1. The Kier molecular flexibility index (Phi) is 11.0. The van der Waals surface area contributed by atoms with Gasteiger partial charge in [0.15, 0.2) is 12.6 Å². The Hall–Kier alpha value is -1.27. The summed E-state index contributed by atoms with van der Waals surface area (Å²) in [6, 6.07) is 0. The minimum absolute atomic E-state index is 0.00586. The van der Waals surface area contributed by atoms with E-state index in [9.17, 15) is 50.8 Å². The lowest BCUT2D eigenvalue weighted by Gasteiger charge is -2.71. The lowest BCUT2D eigenvalue weighted by molar-refractivity contribution is -0.374. The Morgan fingerprint density at radius 3 is 1.96 bits per heavy atom. The molecule has 9 N–H and O–H groups in total. The number of hydrogen-bond acceptors (Lipinski definition) is 13. The van der Waals surface area contributed by atoms with Crippen LogP contribution in [0.4, 0.5) is 0 Å². The van der Waals surface area contributed by atoms with E-state index in [0.29, 0.717) is 19.3 Å². The van der Waals surface area contributed by atoms with Crippen LogP contribution in [-0.4, -0.2) is 139 Å². The topological polar surface area (TPSA) is 236 Å². The fourth-order valence-corrected chi connectivity index (χ4v) is 13.8. The highest BCUT2D eigenvalue weighted by atomic mass is 16.7. The fraction of sp³-hybridized carbons (Fsp3) is 0.929. The van der Waals surface area contributed by atoms with E-state index in [1.807, 2.05) is 0 Å². The van der Waals surface area contributed by atoms with E-state index in [2.05, 4.69) is 54.5 Å². The number of aliphatic hydroxyl groups is 8. The van der Waals surface area contributed by atoms with Crippen LogP contribution in [0.5, 0.6) is 0 Å². The summed E-state index contributed by atoms with van der Waals surface area (Å²) in [5.41, 5.74) is -0.639. The molecule has 7 aliphatic rings. The molecule has 0 aromatic carbocycles. The summed E-state index contributed by atoms with van der Waals surface area (Å²) >= 11 is 0. The van der Waals surface area contributed by atoms with Gasteiger partial charge < -0.3 is 64.9 Å². The van der Waals surface area contributed by atoms with Gasteiger partial charge in [0.2, 0.25) is 0 Å². The minimum atomic E-state index is -1.80. The quantitative estimate of drug-likeness (QED) is 0.132. The van der Waals surface area contributed by atoms with Crippen molar-refractivity contribution in [2.45, 2.75) is 180 Å². The fourth-order valence-electron chi connectivity index (χ4n) is 13.8. The van der Waals surface area contributed by atoms with Crippen molar-refractivity contribution in [2.24, 2.45) is 50.2 Å². The summed E-state index contributed by atoms with van der Waals surface area (Å²) in [6.45, 7) is 14.4. The van der Waals surface area contributed by atoms with Crippen molar-refractivity contribution in [1.29, 1.82) is 0 Å². The van der Waals surface area contributed by atoms with E-state index < -0.39 is 104 Å². The van der Waals surface area contributed by atoms with Crippen molar-refractivity contribution in [3.8, 4) is 0 Å². The Morgan fingerprint density at radius 2 is 1.34 bits per heavy atom. The van der Waals surface area contributed by atoms with Crippen LogP contribution in [0.2, 0.25) is 0 Å². The Morgan fingerprint density at radius 1 is 0.732 bits per heavy atom. The highest BCUT2D eigenvalue weighted by Crippen LogP contribution is 2.76. The third-order valence-corrected chi connectivity index (χ3v) is 17.2. The van der Waals surface area contributed by atoms with Gasteiger partial charge in [-0.3, -0.25) is 4.79 Å². The first kappa shape index (κ1) is 42.8. The van der Waals surface area contributed by atoms with Crippen LogP contribution >= 0.6 is 0 Å². The van der Waals surface area contributed by atoms with Gasteiger partial charge >= 0.3 is 5.97 Å². The summed E-state index contributed by atoms with van der Waals surface area (Å²) in [6.07, 6.45) is -8.33. The number of carboxylic acid groups (broad SMARTS) is 1. The van der Waals surface area contributed by atoms with Crippen molar-refractivity contribution in [3.05, 3.63) is 11.6 Å². The molecule has 2 heterocycles. The van der Waals surface area contributed by atoms with E-state index in [1.54, 1.807) is 0 Å². The number of carbonyl (C=O) groups is 1. The van der Waals surface area contributed by atoms with Crippen LogP contribution in [0.1, 0.15) is 106 Å². The summed E-state index contributed by atoms with van der Waals surface area (Å²) < 4.78 is 23.7. The predicted octanol–water partition coefficient (Wildman–Crippen LogP) is 1.85. The third-order valence-electron chi connectivity index (χ3n) is 17.2. The van der Waals surface area contributed by atoms with Gasteiger partial charge in [0.05, 0.1) is 30.8 Å². The predicted molar refractivity (Wildman–Crippen MR) is 199 cm³/mol. The summed E-state index contributed by atoms with van der Waals surface area (Å²) in [7, 11) is 0. The van der Waals surface area contributed by atoms with Crippen LogP contribution in [0.3, 0.4) is 0 Å². The van der Waals surface area contributed by atoms with Crippen molar-refractivity contribution in [2.75, 3.05) is 13.2 Å². The monoisotopic (exact) mass is 796 g/mol. The number of allylic oxidation sites excluding steroid dienone is 2. The molecule has 14 nitrogen and oxygen atoms in total. The van der Waals surface area contributed by atoms with Crippen molar-refractivity contribution < 1.29 is 69.7 Å². The van der Waals surface area contributed by atoms with Gasteiger partial charge in [-0.25, -0.2) is 0 Å². The van der Waals surface area contributed by atoms with Crippen molar-refractivity contribution in [3.63, 3.8) is 0 Å². The average Bonchev–Trinajstić information content (AvgIpc) is 3.12. The van der Waals surface area contributed by atoms with Gasteiger partial charge in [-0.1, -0.05) is 60.1 Å². The van der Waals surface area contributed by atoms with Gasteiger partial charge in [0.25, 0.3) is 0 Å². The lowest BCUT2D eigenvalue weighted by atomic mass is 9.33. The molecule has 0 spiro atoms. The van der Waals surface area contributed by atoms with Gasteiger partial charge in [0, 0.05) is 0 Å². The van der Waals surface area contributed by atoms with E-state index in [4.69, 9.17) is 18.9 Å². The normalized spacial score (nSPS) is 53.8. The maximum atomic E-state index is 13.1. The largest absolute Gasteiger partial charge is 0.481 e. The smallest absolute Gasteiger partial charge is 0.310 e. The lowest BCUT2D eigenvalue weighted by Crippen LogP contribution is -2.69. The highest BCUT2D eigenvalue weighted by Gasteiger charge is 2.70. The van der Waals surface area contributed by atoms with Crippen LogP contribution < -0.4 is 0 Å². The number of aliphatic carboxylic acids is 1. The summed E-state index contributed by atoms with van der Waals surface area (Å²) in [5.74, 6) is -0.385. The molecule has 0 amide bonds. The Balaban J connectivity index is 1.14. The molecule has 0 aromatic rings. The second-order valence-corrected chi connectivity index (χ2v) is 20.8. The van der Waals surface area contributed by atoms with Crippen molar-refractivity contribution in [1.82, 2.24) is 0 Å². The average molecular weight is 797 g/mol. The van der Waals surface area contributed by atoms with E-state index in [-0.39, 0.29) is 39.4 Å². The Labute approximate surface area is 330 Å². The molecular formula is C42H68O14. The molecule has 0 aromatic heterocycles. The zero-order chi connectivity index (χ0) is 41.1. The first-order valence-corrected chi connectivity index (χ1v) is 20.9. The molecule has 2 saturated heterocycles. The SMILES string of the molecule is CC1(C)CCC2(C(=O)O)CCC3(C)C(=CCC4C5(C)CC(O)C(OC6OC(CO)C(O)C(OC7OC(CO)C(O)C(O)C7O)C6O)C(C)(C)C5CCC43C)C2C1. The molecular weight excluding hydrogens is 728 g/mol. The summed E-state index contributed by atoms with van der Waals surface area (Å²) in [4.78, 5) is 13.1. The highest BCUT2D eigenvalue weighted by molar-refractivity contribution is 5.76. The summed E-state index contributed by atoms with van der Waals surface area (Å²) in [5, 5.41) is 96.5. The molecule has 5 aliphatic carbocycles. The number of hydrogen-bond donors (Lipinski definition) is 9. The third kappa shape index (κ3) is 6.21. The maximum absolute atomic E-state index is 13.1. The molecule has 320 valence electrons. The zero-order valence-electron chi connectivity index (χ0n) is 34.1. The van der Waals surface area contributed by atoms with E-state index in [0.717, 1.165) is 38.5 Å². The van der Waals surface area contributed by atoms with Crippen LogP contribution in [0.25, 0.3) is 0 Å². The second-order valence-electron chi connectivity index (χ2n) is 20.8. The molecule has 2 aliphatic heterocycles. The molecule has 6 fully saturated rings. The molecule has 19 unspecified atom stereocenters. The molecule has 0 radical (unpaired) electrons. The molecule has 4 saturated carbocycles. The Bertz CT molecular complexity index is 1520. The molecule has 19 atom stereocenters.